The summed E-state index contributed by atoms with van der Waals surface area (Å²) in [6, 6.07) is 9.49. The van der Waals surface area contributed by atoms with Crippen molar-refractivity contribution in [3.05, 3.63) is 65.5 Å². The molecule has 0 saturated carbocycles. The lowest BCUT2D eigenvalue weighted by Crippen LogP contribution is -2.14. The molecule has 0 aliphatic rings. The van der Waals surface area contributed by atoms with Crippen molar-refractivity contribution in [2.45, 2.75) is 19.3 Å². The maximum absolute atomic E-state index is 13.5. The van der Waals surface area contributed by atoms with Crippen molar-refractivity contribution in [2.24, 2.45) is 0 Å². The Balaban J connectivity index is 2.16. The van der Waals surface area contributed by atoms with Gasteiger partial charge in [-0.25, -0.2) is 9.97 Å². The molecule has 0 amide bonds. The zero-order valence-electron chi connectivity index (χ0n) is 14.2. The summed E-state index contributed by atoms with van der Waals surface area (Å²) in [5, 5.41) is -0.431. The second kappa shape index (κ2) is 5.95. The number of imidazole rings is 1. The smallest absolute Gasteiger partial charge is 0.276 e. The Hall–Kier alpha value is -3.10. The van der Waals surface area contributed by atoms with E-state index in [0.29, 0.717) is 11.3 Å². The fourth-order valence-electron chi connectivity index (χ4n) is 3.13. The highest BCUT2D eigenvalue weighted by atomic mass is 19.4. The van der Waals surface area contributed by atoms with Gasteiger partial charge in [0.25, 0.3) is 0 Å². The summed E-state index contributed by atoms with van der Waals surface area (Å²) in [6.45, 7) is 1.83. The number of hydrogen-bond acceptors (Lipinski definition) is 2. The topological polar surface area (TPSA) is 30.2 Å². The van der Waals surface area contributed by atoms with Crippen molar-refractivity contribution < 1.29 is 26.3 Å². The number of hydrogen-bond donors (Lipinski definition) is 0. The van der Waals surface area contributed by atoms with E-state index in [1.807, 2.05) is 13.0 Å². The second-order valence-electron chi connectivity index (χ2n) is 6.33. The first-order valence-corrected chi connectivity index (χ1v) is 8.08. The number of fused-ring (bicyclic) bond motifs is 3. The number of nitrogens with zero attached hydrogens (tertiary/aromatic N) is 3. The van der Waals surface area contributed by atoms with Crippen LogP contribution in [0.15, 0.2) is 48.7 Å². The van der Waals surface area contributed by atoms with Crippen molar-refractivity contribution in [3.63, 3.8) is 0 Å². The highest BCUT2D eigenvalue weighted by Crippen LogP contribution is 2.39. The van der Waals surface area contributed by atoms with Crippen molar-refractivity contribution in [1.29, 1.82) is 0 Å². The van der Waals surface area contributed by atoms with E-state index < -0.39 is 34.6 Å². The Morgan fingerprint density at radius 2 is 1.64 bits per heavy atom. The molecule has 9 heteroatoms. The second-order valence-corrected chi connectivity index (χ2v) is 6.33. The number of alkyl halides is 6. The SMILES string of the molecule is Cc1cccc(-c2cnc3ccc4c(C(F)(F)F)cc(C(F)(F)F)nc4n23)c1. The van der Waals surface area contributed by atoms with Crippen LogP contribution >= 0.6 is 0 Å². The molecule has 0 spiro atoms. The number of pyridine rings is 2. The average molecular weight is 395 g/mol. The first-order chi connectivity index (χ1) is 13.1. The zero-order chi connectivity index (χ0) is 20.3. The fraction of sp³-hybridized carbons (Fsp3) is 0.158. The largest absolute Gasteiger partial charge is 0.433 e. The van der Waals surface area contributed by atoms with Crippen molar-refractivity contribution >= 4 is 16.7 Å². The summed E-state index contributed by atoms with van der Waals surface area (Å²) in [5.41, 5.74) is -1.42. The monoisotopic (exact) mass is 395 g/mol. The third-order valence-corrected chi connectivity index (χ3v) is 4.35. The molecule has 4 aromatic rings. The molecular formula is C19H11F6N3. The molecule has 28 heavy (non-hydrogen) atoms. The van der Waals surface area contributed by atoms with Gasteiger partial charge in [-0.1, -0.05) is 23.8 Å². The Morgan fingerprint density at radius 3 is 2.29 bits per heavy atom. The van der Waals surface area contributed by atoms with Gasteiger partial charge in [-0.05, 0) is 31.2 Å². The molecule has 4 rings (SSSR count). The van der Waals surface area contributed by atoms with Crippen molar-refractivity contribution in [1.82, 2.24) is 14.4 Å². The number of rotatable bonds is 1. The van der Waals surface area contributed by atoms with Crippen LogP contribution in [0.4, 0.5) is 26.3 Å². The van der Waals surface area contributed by atoms with Gasteiger partial charge in [0, 0.05) is 10.9 Å². The lowest BCUT2D eigenvalue weighted by molar-refractivity contribution is -0.144. The minimum atomic E-state index is -5.03. The molecule has 3 aromatic heterocycles. The van der Waals surface area contributed by atoms with Crippen LogP contribution in [-0.2, 0) is 12.4 Å². The first kappa shape index (κ1) is 18.3. The third-order valence-electron chi connectivity index (χ3n) is 4.35. The molecule has 144 valence electrons. The van der Waals surface area contributed by atoms with E-state index in [2.05, 4.69) is 9.97 Å². The summed E-state index contributed by atoms with van der Waals surface area (Å²) in [6.07, 6.45) is -8.60. The Kier molecular flexibility index (Phi) is 3.88. The van der Waals surface area contributed by atoms with Gasteiger partial charge >= 0.3 is 12.4 Å². The van der Waals surface area contributed by atoms with Gasteiger partial charge in [0.05, 0.1) is 17.5 Å². The molecule has 0 N–H and O–H groups in total. The Morgan fingerprint density at radius 1 is 0.893 bits per heavy atom. The molecular weight excluding hydrogens is 384 g/mol. The molecule has 0 aliphatic heterocycles. The molecule has 1 aromatic carbocycles. The van der Waals surface area contributed by atoms with Gasteiger partial charge in [-0.15, -0.1) is 0 Å². The molecule has 3 nitrogen and oxygen atoms in total. The van der Waals surface area contributed by atoms with E-state index in [0.717, 1.165) is 11.6 Å². The molecule has 0 aliphatic carbocycles. The van der Waals surface area contributed by atoms with Gasteiger partial charge in [-0.2, -0.15) is 26.3 Å². The average Bonchev–Trinajstić information content (AvgIpc) is 3.03. The summed E-state index contributed by atoms with van der Waals surface area (Å²) in [5.74, 6) is 0. The van der Waals surface area contributed by atoms with Gasteiger partial charge in [0.1, 0.15) is 17.0 Å². The normalized spacial score (nSPS) is 12.8. The quantitative estimate of drug-likeness (QED) is 0.376. The molecule has 0 bridgehead atoms. The van der Waals surface area contributed by atoms with E-state index in [1.165, 1.54) is 16.7 Å². The number of aromatic nitrogens is 3. The summed E-state index contributed by atoms with van der Waals surface area (Å²) in [4.78, 5) is 7.65. The van der Waals surface area contributed by atoms with Gasteiger partial charge in [0.15, 0.2) is 0 Å². The van der Waals surface area contributed by atoms with E-state index in [4.69, 9.17) is 0 Å². The maximum atomic E-state index is 13.5. The van der Waals surface area contributed by atoms with Crippen molar-refractivity contribution in [3.8, 4) is 11.3 Å². The first-order valence-electron chi connectivity index (χ1n) is 8.08. The lowest BCUT2D eigenvalue weighted by atomic mass is 10.1. The van der Waals surface area contributed by atoms with Crippen LogP contribution in [0, 0.1) is 6.92 Å². The Bertz CT molecular complexity index is 1200. The fourth-order valence-corrected chi connectivity index (χ4v) is 3.13. The van der Waals surface area contributed by atoms with E-state index >= 15 is 0 Å². The number of benzene rings is 1. The highest BCUT2D eigenvalue weighted by molar-refractivity contribution is 5.85. The van der Waals surface area contributed by atoms with Crippen LogP contribution in [0.1, 0.15) is 16.8 Å². The highest BCUT2D eigenvalue weighted by Gasteiger charge is 2.39. The predicted molar refractivity (Wildman–Crippen MR) is 90.7 cm³/mol. The minimum absolute atomic E-state index is 0.0391. The van der Waals surface area contributed by atoms with Gasteiger partial charge in [0.2, 0.25) is 0 Å². The zero-order valence-corrected chi connectivity index (χ0v) is 14.2. The molecule has 0 saturated heterocycles. The van der Waals surface area contributed by atoms with Crippen LogP contribution in [-0.4, -0.2) is 14.4 Å². The van der Waals surface area contributed by atoms with Crippen LogP contribution < -0.4 is 0 Å². The number of halogens is 6. The van der Waals surface area contributed by atoms with Crippen molar-refractivity contribution in [2.75, 3.05) is 0 Å². The van der Waals surface area contributed by atoms with E-state index in [1.54, 1.807) is 18.2 Å². The molecule has 0 fully saturated rings. The predicted octanol–water partition coefficient (Wildman–Crippen LogP) is 5.90. The summed E-state index contributed by atoms with van der Waals surface area (Å²) >= 11 is 0. The van der Waals surface area contributed by atoms with E-state index in [9.17, 15) is 26.3 Å². The molecule has 0 unspecified atom stereocenters. The minimum Gasteiger partial charge on any atom is -0.276 e. The summed E-state index contributed by atoms with van der Waals surface area (Å²) < 4.78 is 81.3. The third kappa shape index (κ3) is 2.96. The van der Waals surface area contributed by atoms with Crippen LogP contribution in [0.3, 0.4) is 0 Å². The summed E-state index contributed by atoms with van der Waals surface area (Å²) in [7, 11) is 0. The van der Waals surface area contributed by atoms with Gasteiger partial charge in [-0.3, -0.25) is 4.40 Å². The standard InChI is InChI=1S/C19H11F6N3/c1-10-3-2-4-11(7-10)14-9-26-16-6-5-12-13(18(20,21)22)8-15(19(23,24)25)27-17(12)28(14)16/h2-9H,1H3. The number of aryl methyl sites for hydroxylation is 1. The van der Waals surface area contributed by atoms with Crippen LogP contribution in [0.25, 0.3) is 27.9 Å². The van der Waals surface area contributed by atoms with Crippen LogP contribution in [0.5, 0.6) is 0 Å². The Labute approximate surface area is 154 Å². The molecule has 0 radical (unpaired) electrons. The molecule has 0 atom stereocenters. The van der Waals surface area contributed by atoms with Crippen LogP contribution in [0.2, 0.25) is 0 Å². The lowest BCUT2D eigenvalue weighted by Gasteiger charge is -2.15. The van der Waals surface area contributed by atoms with Gasteiger partial charge < -0.3 is 0 Å². The van der Waals surface area contributed by atoms with E-state index in [-0.39, 0.29) is 11.7 Å². The maximum Gasteiger partial charge on any atom is 0.433 e. The molecule has 3 heterocycles.